The zero-order chi connectivity index (χ0) is 13.8. The maximum Gasteiger partial charge on any atom is 0.333 e. The molecule has 1 unspecified atom stereocenters. The van der Waals surface area contributed by atoms with Crippen LogP contribution >= 0.6 is 0 Å². The first kappa shape index (κ1) is 13.4. The third-order valence-electron chi connectivity index (χ3n) is 3.05. The van der Waals surface area contributed by atoms with Gasteiger partial charge < -0.3 is 14.8 Å². The topological polar surface area (TPSA) is 64.6 Å². The van der Waals surface area contributed by atoms with Gasteiger partial charge in [0.2, 0.25) is 5.91 Å². The lowest BCUT2D eigenvalue weighted by molar-refractivity contribution is -0.145. The molecular weight excluding hydrogens is 246 g/mol. The molecule has 0 aliphatic carbocycles. The summed E-state index contributed by atoms with van der Waals surface area (Å²) >= 11 is 0. The second kappa shape index (κ2) is 5.73. The van der Waals surface area contributed by atoms with Crippen LogP contribution in [0.1, 0.15) is 30.5 Å². The number of methoxy groups -OCH3 is 1. The Morgan fingerprint density at radius 3 is 2.89 bits per heavy atom. The normalized spacial score (nSPS) is 14.8. The SMILES string of the molecule is COC(=O)C(NC(C)=O)c1ccc2c(c1)CCCO2. The summed E-state index contributed by atoms with van der Waals surface area (Å²) in [7, 11) is 1.30. The molecule has 1 N–H and O–H groups in total. The number of fused-ring (bicyclic) bond motifs is 1. The Balaban J connectivity index is 2.30. The minimum atomic E-state index is -0.769. The van der Waals surface area contributed by atoms with E-state index in [0.29, 0.717) is 5.56 Å². The van der Waals surface area contributed by atoms with E-state index in [9.17, 15) is 9.59 Å². The molecule has 2 rings (SSSR count). The molecule has 0 radical (unpaired) electrons. The zero-order valence-corrected chi connectivity index (χ0v) is 11.1. The lowest BCUT2D eigenvalue weighted by atomic mass is 9.99. The van der Waals surface area contributed by atoms with E-state index in [0.717, 1.165) is 30.8 Å². The van der Waals surface area contributed by atoms with Crippen molar-refractivity contribution >= 4 is 11.9 Å². The van der Waals surface area contributed by atoms with Gasteiger partial charge in [0, 0.05) is 6.92 Å². The van der Waals surface area contributed by atoms with Crippen molar-refractivity contribution in [1.29, 1.82) is 0 Å². The van der Waals surface area contributed by atoms with Crippen molar-refractivity contribution in [3.63, 3.8) is 0 Å². The Bertz CT molecular complexity index is 498. The second-order valence-electron chi connectivity index (χ2n) is 4.48. The Kier molecular flexibility index (Phi) is 4.04. The molecule has 0 fully saturated rings. The lowest BCUT2D eigenvalue weighted by Gasteiger charge is -2.21. The van der Waals surface area contributed by atoms with Gasteiger partial charge in [0.1, 0.15) is 5.75 Å². The highest BCUT2D eigenvalue weighted by atomic mass is 16.5. The first-order chi connectivity index (χ1) is 9.11. The summed E-state index contributed by atoms with van der Waals surface area (Å²) < 4.78 is 10.2. The van der Waals surface area contributed by atoms with Crippen LogP contribution in [-0.2, 0) is 20.7 Å². The van der Waals surface area contributed by atoms with E-state index < -0.39 is 12.0 Å². The van der Waals surface area contributed by atoms with E-state index in [1.165, 1.54) is 14.0 Å². The van der Waals surface area contributed by atoms with Crippen molar-refractivity contribution in [2.75, 3.05) is 13.7 Å². The van der Waals surface area contributed by atoms with Crippen molar-refractivity contribution in [3.8, 4) is 5.75 Å². The van der Waals surface area contributed by atoms with Crippen LogP contribution in [0.4, 0.5) is 0 Å². The lowest BCUT2D eigenvalue weighted by Crippen LogP contribution is -2.33. The van der Waals surface area contributed by atoms with Gasteiger partial charge in [-0.15, -0.1) is 0 Å². The summed E-state index contributed by atoms with van der Waals surface area (Å²) in [4.78, 5) is 22.9. The number of hydrogen-bond acceptors (Lipinski definition) is 4. The van der Waals surface area contributed by atoms with Crippen molar-refractivity contribution in [2.24, 2.45) is 0 Å². The second-order valence-corrected chi connectivity index (χ2v) is 4.48. The molecule has 5 nitrogen and oxygen atoms in total. The van der Waals surface area contributed by atoms with Gasteiger partial charge in [-0.2, -0.15) is 0 Å². The number of carbonyl (C=O) groups is 2. The third kappa shape index (κ3) is 3.05. The summed E-state index contributed by atoms with van der Waals surface area (Å²) in [5, 5.41) is 2.60. The molecule has 5 heteroatoms. The van der Waals surface area contributed by atoms with Crippen molar-refractivity contribution in [3.05, 3.63) is 29.3 Å². The van der Waals surface area contributed by atoms with Crippen LogP contribution in [-0.4, -0.2) is 25.6 Å². The number of carbonyl (C=O) groups excluding carboxylic acids is 2. The minimum absolute atomic E-state index is 0.274. The molecule has 1 heterocycles. The molecule has 0 aromatic heterocycles. The van der Waals surface area contributed by atoms with E-state index in [1.54, 1.807) is 6.07 Å². The van der Waals surface area contributed by atoms with Crippen molar-refractivity contribution in [2.45, 2.75) is 25.8 Å². The summed E-state index contributed by atoms with van der Waals surface area (Å²) in [6.07, 6.45) is 1.87. The van der Waals surface area contributed by atoms with E-state index in [1.807, 2.05) is 12.1 Å². The first-order valence-electron chi connectivity index (χ1n) is 6.22. The highest BCUT2D eigenvalue weighted by Crippen LogP contribution is 2.28. The summed E-state index contributed by atoms with van der Waals surface area (Å²) in [5.74, 6) is 0.0951. The standard InChI is InChI=1S/C14H17NO4/c1-9(16)15-13(14(17)18-2)11-5-6-12-10(8-11)4-3-7-19-12/h5-6,8,13H,3-4,7H2,1-2H3,(H,15,16). The average Bonchev–Trinajstić information content (AvgIpc) is 2.43. The molecule has 1 aromatic carbocycles. The largest absolute Gasteiger partial charge is 0.493 e. The quantitative estimate of drug-likeness (QED) is 0.836. The number of amides is 1. The molecule has 0 saturated carbocycles. The molecule has 102 valence electrons. The first-order valence-corrected chi connectivity index (χ1v) is 6.22. The van der Waals surface area contributed by atoms with Crippen LogP contribution < -0.4 is 10.1 Å². The predicted octanol–water partition coefficient (Wildman–Crippen LogP) is 1.36. The number of nitrogens with one attached hydrogen (secondary N) is 1. The molecule has 1 atom stereocenters. The average molecular weight is 263 g/mol. The molecular formula is C14H17NO4. The van der Waals surface area contributed by atoms with Gasteiger partial charge in [-0.1, -0.05) is 6.07 Å². The van der Waals surface area contributed by atoms with Crippen LogP contribution in [0.2, 0.25) is 0 Å². The Hall–Kier alpha value is -2.04. The zero-order valence-electron chi connectivity index (χ0n) is 11.1. The van der Waals surface area contributed by atoms with Gasteiger partial charge in [-0.3, -0.25) is 4.79 Å². The molecule has 1 aliphatic rings. The molecule has 0 saturated heterocycles. The van der Waals surface area contributed by atoms with Gasteiger partial charge in [0.25, 0.3) is 0 Å². The number of ether oxygens (including phenoxy) is 2. The fraction of sp³-hybridized carbons (Fsp3) is 0.429. The summed E-state index contributed by atoms with van der Waals surface area (Å²) in [6.45, 7) is 2.09. The summed E-state index contributed by atoms with van der Waals surface area (Å²) in [6, 6.07) is 4.74. The third-order valence-corrected chi connectivity index (χ3v) is 3.05. The summed E-state index contributed by atoms with van der Waals surface area (Å²) in [5.41, 5.74) is 1.77. The van der Waals surface area contributed by atoms with E-state index in [2.05, 4.69) is 5.32 Å². The molecule has 1 aliphatic heterocycles. The molecule has 0 bridgehead atoms. The van der Waals surface area contributed by atoms with Crippen LogP contribution in [0, 0.1) is 0 Å². The fourth-order valence-electron chi connectivity index (χ4n) is 2.16. The molecule has 0 spiro atoms. The maximum atomic E-state index is 11.7. The van der Waals surface area contributed by atoms with E-state index in [4.69, 9.17) is 9.47 Å². The van der Waals surface area contributed by atoms with E-state index in [-0.39, 0.29) is 5.91 Å². The van der Waals surface area contributed by atoms with Crippen LogP contribution in [0.25, 0.3) is 0 Å². The maximum absolute atomic E-state index is 11.7. The highest BCUT2D eigenvalue weighted by Gasteiger charge is 2.23. The van der Waals surface area contributed by atoms with E-state index >= 15 is 0 Å². The number of benzene rings is 1. The van der Waals surface area contributed by atoms with Gasteiger partial charge in [0.05, 0.1) is 13.7 Å². The number of aryl methyl sites for hydroxylation is 1. The van der Waals surface area contributed by atoms with Crippen LogP contribution in [0.3, 0.4) is 0 Å². The predicted molar refractivity (Wildman–Crippen MR) is 68.8 cm³/mol. The van der Waals surface area contributed by atoms with Gasteiger partial charge in [-0.25, -0.2) is 4.79 Å². The van der Waals surface area contributed by atoms with Crippen LogP contribution in [0.5, 0.6) is 5.75 Å². The number of esters is 1. The smallest absolute Gasteiger partial charge is 0.333 e. The Labute approximate surface area is 111 Å². The van der Waals surface area contributed by atoms with Gasteiger partial charge in [-0.05, 0) is 36.1 Å². The highest BCUT2D eigenvalue weighted by molar-refractivity contribution is 5.84. The Morgan fingerprint density at radius 2 is 2.21 bits per heavy atom. The fourth-order valence-corrected chi connectivity index (χ4v) is 2.16. The van der Waals surface area contributed by atoms with Gasteiger partial charge >= 0.3 is 5.97 Å². The van der Waals surface area contributed by atoms with Crippen molar-refractivity contribution in [1.82, 2.24) is 5.32 Å². The molecule has 19 heavy (non-hydrogen) atoms. The van der Waals surface area contributed by atoms with Gasteiger partial charge in [0.15, 0.2) is 6.04 Å². The molecule has 1 aromatic rings. The number of hydrogen-bond donors (Lipinski definition) is 1. The monoisotopic (exact) mass is 263 g/mol. The number of rotatable bonds is 3. The Morgan fingerprint density at radius 1 is 1.42 bits per heavy atom. The van der Waals surface area contributed by atoms with Crippen LogP contribution in [0.15, 0.2) is 18.2 Å². The minimum Gasteiger partial charge on any atom is -0.493 e. The molecule has 1 amide bonds. The van der Waals surface area contributed by atoms with Crippen molar-refractivity contribution < 1.29 is 19.1 Å².